The molecule has 0 aromatic heterocycles. The van der Waals surface area contributed by atoms with Crippen LogP contribution in [0.4, 0.5) is 13.2 Å². The van der Waals surface area contributed by atoms with Crippen molar-refractivity contribution < 1.29 is 21.6 Å². The van der Waals surface area contributed by atoms with E-state index in [1.807, 2.05) is 4.72 Å². The lowest BCUT2D eigenvalue weighted by Crippen LogP contribution is -2.32. The van der Waals surface area contributed by atoms with Crippen LogP contribution in [0, 0.1) is 12.3 Å². The second-order valence-electron chi connectivity index (χ2n) is 3.50. The molecule has 1 atom stereocenters. The van der Waals surface area contributed by atoms with Gasteiger partial charge in [0.05, 0.1) is 16.5 Å². The highest BCUT2D eigenvalue weighted by atomic mass is 32.2. The van der Waals surface area contributed by atoms with Gasteiger partial charge < -0.3 is 0 Å². The number of benzene rings is 1. The smallest absolute Gasteiger partial charge is 0.207 e. The molecule has 1 N–H and O–H groups in total. The summed E-state index contributed by atoms with van der Waals surface area (Å²) in [5, 5.41) is 0. The lowest BCUT2D eigenvalue weighted by Gasteiger charge is -2.14. The Morgan fingerprint density at radius 1 is 1.33 bits per heavy atom. The zero-order valence-corrected chi connectivity index (χ0v) is 10.1. The molecule has 0 saturated carbocycles. The molecule has 98 valence electrons. The lowest BCUT2D eigenvalue weighted by atomic mass is 10.2. The third-order valence-corrected chi connectivity index (χ3v) is 3.66. The summed E-state index contributed by atoms with van der Waals surface area (Å²) in [6.45, 7) is 1.35. The summed E-state index contributed by atoms with van der Waals surface area (Å²) < 4.78 is 63.5. The molecule has 0 spiro atoms. The molecule has 0 aliphatic rings. The van der Waals surface area contributed by atoms with Crippen LogP contribution in [0.1, 0.15) is 12.5 Å². The van der Waals surface area contributed by atoms with Gasteiger partial charge in [0.1, 0.15) is 0 Å². The molecule has 18 heavy (non-hydrogen) atoms. The van der Waals surface area contributed by atoms with Crippen molar-refractivity contribution in [3.8, 4) is 12.3 Å². The second kappa shape index (κ2) is 5.00. The summed E-state index contributed by atoms with van der Waals surface area (Å²) in [5.41, 5.74) is -1.22. The van der Waals surface area contributed by atoms with Gasteiger partial charge in [-0.2, -0.15) is 17.9 Å². The van der Waals surface area contributed by atoms with E-state index >= 15 is 0 Å². The van der Waals surface area contributed by atoms with Gasteiger partial charge in [0.15, 0.2) is 0 Å². The molecule has 0 heterocycles. The topological polar surface area (TPSA) is 46.2 Å². The van der Waals surface area contributed by atoms with Gasteiger partial charge in [0, 0.05) is 0 Å². The predicted octanol–water partition coefficient (Wildman–Crippen LogP) is 2.01. The fraction of sp³-hybridized carbons (Fsp3) is 0.273. The monoisotopic (exact) mass is 277 g/mol. The molecule has 1 rings (SSSR count). The van der Waals surface area contributed by atoms with E-state index < -0.39 is 32.7 Å². The van der Waals surface area contributed by atoms with E-state index in [1.165, 1.54) is 13.0 Å². The Kier molecular flexibility index (Phi) is 4.04. The van der Waals surface area contributed by atoms with Gasteiger partial charge in [-0.3, -0.25) is 0 Å². The maximum Gasteiger partial charge on any atom is 0.417 e. The van der Waals surface area contributed by atoms with Gasteiger partial charge in [0.2, 0.25) is 10.0 Å². The summed E-state index contributed by atoms with van der Waals surface area (Å²) in [4.78, 5) is -0.834. The third-order valence-electron chi connectivity index (χ3n) is 2.06. The summed E-state index contributed by atoms with van der Waals surface area (Å²) in [6, 6.07) is 3.02. The van der Waals surface area contributed by atoms with Crippen LogP contribution >= 0.6 is 0 Å². The van der Waals surface area contributed by atoms with Crippen molar-refractivity contribution in [2.75, 3.05) is 0 Å². The Labute approximate surface area is 103 Å². The van der Waals surface area contributed by atoms with Crippen LogP contribution in [0.2, 0.25) is 0 Å². The van der Waals surface area contributed by atoms with Gasteiger partial charge in [-0.05, 0) is 19.1 Å². The van der Waals surface area contributed by atoms with Crippen LogP contribution in [0.15, 0.2) is 29.2 Å². The summed E-state index contributed by atoms with van der Waals surface area (Å²) in [5.74, 6) is 2.08. The molecule has 0 fully saturated rings. The first-order valence-electron chi connectivity index (χ1n) is 4.83. The van der Waals surface area contributed by atoms with Gasteiger partial charge in [0.25, 0.3) is 0 Å². The van der Waals surface area contributed by atoms with Crippen LogP contribution in [0.5, 0.6) is 0 Å². The molecule has 0 saturated heterocycles. The van der Waals surface area contributed by atoms with E-state index in [1.54, 1.807) is 0 Å². The Morgan fingerprint density at radius 2 is 1.89 bits per heavy atom. The minimum Gasteiger partial charge on any atom is -0.207 e. The molecule has 1 aromatic carbocycles. The molecule has 0 amide bonds. The highest BCUT2D eigenvalue weighted by Crippen LogP contribution is 2.33. The van der Waals surface area contributed by atoms with Crippen LogP contribution in [-0.4, -0.2) is 14.5 Å². The van der Waals surface area contributed by atoms with Crippen molar-refractivity contribution in [1.29, 1.82) is 0 Å². The SMILES string of the molecule is C#C[C@H](C)NS(=O)(=O)c1ccccc1C(F)(F)F. The number of hydrogen-bond acceptors (Lipinski definition) is 2. The molecule has 0 radical (unpaired) electrons. The zero-order chi connectivity index (χ0) is 14.0. The molecule has 0 aliphatic carbocycles. The van der Waals surface area contributed by atoms with Gasteiger partial charge >= 0.3 is 6.18 Å². The number of alkyl halides is 3. The number of rotatable bonds is 3. The number of nitrogens with one attached hydrogen (secondary N) is 1. The highest BCUT2D eigenvalue weighted by Gasteiger charge is 2.36. The van der Waals surface area contributed by atoms with E-state index in [0.717, 1.165) is 12.1 Å². The van der Waals surface area contributed by atoms with Crippen molar-refractivity contribution in [3.05, 3.63) is 29.8 Å². The van der Waals surface area contributed by atoms with Gasteiger partial charge in [-0.1, -0.05) is 18.1 Å². The van der Waals surface area contributed by atoms with Crippen LogP contribution < -0.4 is 4.72 Å². The average molecular weight is 277 g/mol. The first-order valence-corrected chi connectivity index (χ1v) is 6.31. The van der Waals surface area contributed by atoms with Gasteiger partial charge in [-0.25, -0.2) is 8.42 Å². The number of sulfonamides is 1. The maximum atomic E-state index is 12.7. The quantitative estimate of drug-likeness (QED) is 0.859. The number of hydrogen-bond donors (Lipinski definition) is 1. The Morgan fingerprint density at radius 3 is 2.39 bits per heavy atom. The minimum atomic E-state index is -4.75. The van der Waals surface area contributed by atoms with E-state index in [4.69, 9.17) is 6.42 Å². The third kappa shape index (κ3) is 3.24. The highest BCUT2D eigenvalue weighted by molar-refractivity contribution is 7.89. The van der Waals surface area contributed by atoms with E-state index in [9.17, 15) is 21.6 Å². The standard InChI is InChI=1S/C11H10F3NO2S/c1-3-8(2)15-18(16,17)10-7-5-4-6-9(10)11(12,13)14/h1,4-8,15H,2H3/t8-/m0/s1. The van der Waals surface area contributed by atoms with Crippen molar-refractivity contribution >= 4 is 10.0 Å². The van der Waals surface area contributed by atoms with E-state index in [-0.39, 0.29) is 0 Å². The number of halogens is 3. The van der Waals surface area contributed by atoms with Crippen LogP contribution in [0.25, 0.3) is 0 Å². The minimum absolute atomic E-state index is 0.703. The van der Waals surface area contributed by atoms with E-state index in [2.05, 4.69) is 5.92 Å². The Bertz CT molecular complexity index is 573. The molecular weight excluding hydrogens is 267 g/mol. The lowest BCUT2D eigenvalue weighted by molar-refractivity contribution is -0.139. The van der Waals surface area contributed by atoms with E-state index in [0.29, 0.717) is 6.07 Å². The van der Waals surface area contributed by atoms with Crippen molar-refractivity contribution in [2.24, 2.45) is 0 Å². The fourth-order valence-electron chi connectivity index (χ4n) is 1.27. The molecule has 3 nitrogen and oxygen atoms in total. The summed E-state index contributed by atoms with van der Waals surface area (Å²) in [7, 11) is -4.30. The molecule has 1 aromatic rings. The molecule has 0 unspecified atom stereocenters. The van der Waals surface area contributed by atoms with Crippen molar-refractivity contribution in [2.45, 2.75) is 24.0 Å². The van der Waals surface area contributed by atoms with Crippen molar-refractivity contribution in [1.82, 2.24) is 4.72 Å². The van der Waals surface area contributed by atoms with Gasteiger partial charge in [-0.15, -0.1) is 6.42 Å². The van der Waals surface area contributed by atoms with Crippen LogP contribution in [0.3, 0.4) is 0 Å². The maximum absolute atomic E-state index is 12.7. The largest absolute Gasteiger partial charge is 0.417 e. The summed E-state index contributed by atoms with van der Waals surface area (Å²) in [6.07, 6.45) is 0.237. The Balaban J connectivity index is 3.31. The second-order valence-corrected chi connectivity index (χ2v) is 5.19. The zero-order valence-electron chi connectivity index (χ0n) is 9.32. The average Bonchev–Trinajstić information content (AvgIpc) is 2.27. The normalized spacial score (nSPS) is 13.9. The molecule has 0 bridgehead atoms. The van der Waals surface area contributed by atoms with Crippen LogP contribution in [-0.2, 0) is 16.2 Å². The molecular formula is C11H10F3NO2S. The first kappa shape index (κ1) is 14.5. The Hall–Kier alpha value is -1.52. The number of terminal acetylenes is 1. The molecule has 0 aliphatic heterocycles. The first-order chi connectivity index (χ1) is 8.18. The molecule has 7 heteroatoms. The predicted molar refractivity (Wildman–Crippen MR) is 60.1 cm³/mol. The summed E-state index contributed by atoms with van der Waals surface area (Å²) >= 11 is 0. The fourth-order valence-corrected chi connectivity index (χ4v) is 2.66. The van der Waals surface area contributed by atoms with Crippen molar-refractivity contribution in [3.63, 3.8) is 0 Å².